The summed E-state index contributed by atoms with van der Waals surface area (Å²) < 4.78 is 0. The molecule has 1 rings (SSSR count). The molecule has 5 heteroatoms. The minimum Gasteiger partial charge on any atom is -0.355 e. The third kappa shape index (κ3) is 5.51. The van der Waals surface area contributed by atoms with Gasteiger partial charge in [0.15, 0.2) is 5.78 Å². The fourth-order valence-electron chi connectivity index (χ4n) is 2.00. The lowest BCUT2D eigenvalue weighted by Gasteiger charge is -2.22. The number of amides is 2. The Morgan fingerprint density at radius 1 is 1.09 bits per heavy atom. The van der Waals surface area contributed by atoms with Gasteiger partial charge in [0, 0.05) is 17.8 Å². The van der Waals surface area contributed by atoms with Crippen molar-refractivity contribution in [2.45, 2.75) is 47.0 Å². The van der Waals surface area contributed by atoms with Crippen LogP contribution >= 0.6 is 0 Å². The molecule has 0 saturated heterocycles. The Hall–Kier alpha value is -2.17. The Morgan fingerprint density at radius 2 is 1.78 bits per heavy atom. The average molecular weight is 318 g/mol. The minimum absolute atomic E-state index is 0.0750. The number of benzene rings is 1. The van der Waals surface area contributed by atoms with Crippen molar-refractivity contribution < 1.29 is 14.4 Å². The maximum absolute atomic E-state index is 12.4. The van der Waals surface area contributed by atoms with Gasteiger partial charge in [-0.05, 0) is 39.3 Å². The highest BCUT2D eigenvalue weighted by atomic mass is 16.2. The largest absolute Gasteiger partial charge is 0.355 e. The predicted molar refractivity (Wildman–Crippen MR) is 91.4 cm³/mol. The van der Waals surface area contributed by atoms with Crippen molar-refractivity contribution in [3.63, 3.8) is 0 Å². The zero-order valence-electron chi connectivity index (χ0n) is 14.4. The zero-order chi connectivity index (χ0) is 17.5. The van der Waals surface area contributed by atoms with Crippen molar-refractivity contribution >= 4 is 23.3 Å². The molecule has 2 N–H and O–H groups in total. The van der Waals surface area contributed by atoms with E-state index in [2.05, 4.69) is 17.6 Å². The topological polar surface area (TPSA) is 75.3 Å². The van der Waals surface area contributed by atoms with E-state index in [-0.39, 0.29) is 11.7 Å². The summed E-state index contributed by atoms with van der Waals surface area (Å²) in [6.07, 6.45) is 3.03. The molecule has 0 aromatic heterocycles. The maximum atomic E-state index is 12.4. The van der Waals surface area contributed by atoms with Crippen molar-refractivity contribution in [1.29, 1.82) is 0 Å². The molecule has 0 radical (unpaired) electrons. The van der Waals surface area contributed by atoms with Gasteiger partial charge in [0.25, 0.3) is 0 Å². The quantitative estimate of drug-likeness (QED) is 0.439. The van der Waals surface area contributed by atoms with Crippen LogP contribution in [0.3, 0.4) is 0 Å². The number of nitrogens with one attached hydrogen (secondary N) is 2. The van der Waals surface area contributed by atoms with Crippen molar-refractivity contribution in [3.05, 3.63) is 29.8 Å². The smallest absolute Gasteiger partial charge is 0.239 e. The summed E-state index contributed by atoms with van der Waals surface area (Å²) >= 11 is 0. The van der Waals surface area contributed by atoms with E-state index in [9.17, 15) is 14.4 Å². The SMILES string of the molecule is CCCCCNC(=O)C(C)(C)C(=O)Nc1cccc(C(C)=O)c1. The van der Waals surface area contributed by atoms with E-state index in [0.717, 1.165) is 19.3 Å². The Labute approximate surface area is 137 Å². The lowest BCUT2D eigenvalue weighted by atomic mass is 9.90. The van der Waals surface area contributed by atoms with Crippen LogP contribution in [0, 0.1) is 5.41 Å². The monoisotopic (exact) mass is 318 g/mol. The Bertz CT molecular complexity index is 579. The molecule has 0 heterocycles. The van der Waals surface area contributed by atoms with E-state index in [1.807, 2.05) is 0 Å². The summed E-state index contributed by atoms with van der Waals surface area (Å²) in [7, 11) is 0. The Balaban J connectivity index is 2.69. The molecule has 0 spiro atoms. The molecule has 0 aliphatic carbocycles. The first kappa shape index (κ1) is 18.9. The van der Waals surface area contributed by atoms with Crippen LogP contribution in [-0.4, -0.2) is 24.1 Å². The number of hydrogen-bond acceptors (Lipinski definition) is 3. The first-order valence-electron chi connectivity index (χ1n) is 7.99. The number of carbonyl (C=O) groups excluding carboxylic acids is 3. The van der Waals surface area contributed by atoms with Crippen molar-refractivity contribution in [1.82, 2.24) is 5.32 Å². The van der Waals surface area contributed by atoms with Crippen LogP contribution in [0.2, 0.25) is 0 Å². The van der Waals surface area contributed by atoms with E-state index in [1.165, 1.54) is 6.92 Å². The molecule has 0 atom stereocenters. The minimum atomic E-state index is -1.18. The van der Waals surface area contributed by atoms with Gasteiger partial charge in [-0.3, -0.25) is 14.4 Å². The summed E-state index contributed by atoms with van der Waals surface area (Å²) in [5, 5.41) is 5.51. The van der Waals surface area contributed by atoms with E-state index in [4.69, 9.17) is 0 Å². The van der Waals surface area contributed by atoms with Gasteiger partial charge in [-0.1, -0.05) is 31.9 Å². The molecule has 0 aliphatic heterocycles. The van der Waals surface area contributed by atoms with Gasteiger partial charge in [-0.15, -0.1) is 0 Å². The number of carbonyl (C=O) groups is 3. The lowest BCUT2D eigenvalue weighted by Crippen LogP contribution is -2.45. The summed E-state index contributed by atoms with van der Waals surface area (Å²) in [5.74, 6) is -0.769. The van der Waals surface area contributed by atoms with E-state index < -0.39 is 11.3 Å². The summed E-state index contributed by atoms with van der Waals surface area (Å²) in [6.45, 7) is 7.31. The van der Waals surface area contributed by atoms with Crippen LogP contribution in [0.1, 0.15) is 57.3 Å². The molecular weight excluding hydrogens is 292 g/mol. The van der Waals surface area contributed by atoms with Crippen LogP contribution in [0.4, 0.5) is 5.69 Å². The van der Waals surface area contributed by atoms with Crippen molar-refractivity contribution in [2.24, 2.45) is 5.41 Å². The van der Waals surface area contributed by atoms with Gasteiger partial charge in [0.1, 0.15) is 5.41 Å². The molecule has 2 amide bonds. The van der Waals surface area contributed by atoms with Crippen molar-refractivity contribution in [2.75, 3.05) is 11.9 Å². The first-order chi connectivity index (χ1) is 10.8. The highest BCUT2D eigenvalue weighted by Gasteiger charge is 2.35. The second-order valence-corrected chi connectivity index (χ2v) is 6.18. The van der Waals surface area contributed by atoms with Crippen LogP contribution in [0.5, 0.6) is 0 Å². The van der Waals surface area contributed by atoms with E-state index in [0.29, 0.717) is 17.8 Å². The van der Waals surface area contributed by atoms with Crippen molar-refractivity contribution in [3.8, 4) is 0 Å². The Morgan fingerprint density at radius 3 is 2.39 bits per heavy atom. The van der Waals surface area contributed by atoms with Gasteiger partial charge in [-0.25, -0.2) is 0 Å². The highest BCUT2D eigenvalue weighted by molar-refractivity contribution is 6.10. The Kier molecular flexibility index (Phi) is 6.94. The molecule has 23 heavy (non-hydrogen) atoms. The van der Waals surface area contributed by atoms with Crippen LogP contribution < -0.4 is 10.6 Å². The fraction of sp³-hybridized carbons (Fsp3) is 0.500. The number of hydrogen-bond donors (Lipinski definition) is 2. The summed E-state index contributed by atoms with van der Waals surface area (Å²) in [5.41, 5.74) is -0.155. The number of ketones is 1. The summed E-state index contributed by atoms with van der Waals surface area (Å²) in [6, 6.07) is 6.68. The first-order valence-corrected chi connectivity index (χ1v) is 7.99. The standard InChI is InChI=1S/C18H26N2O3/c1-5-6-7-11-19-16(22)18(3,4)17(23)20-15-10-8-9-14(12-15)13(2)21/h8-10,12H,5-7,11H2,1-4H3,(H,19,22)(H,20,23). The molecule has 0 fully saturated rings. The molecule has 1 aromatic rings. The van der Waals surface area contributed by atoms with Crippen LogP contribution in [-0.2, 0) is 9.59 Å². The van der Waals surface area contributed by atoms with E-state index >= 15 is 0 Å². The zero-order valence-corrected chi connectivity index (χ0v) is 14.4. The van der Waals surface area contributed by atoms with Gasteiger partial charge in [-0.2, -0.15) is 0 Å². The van der Waals surface area contributed by atoms with Gasteiger partial charge in [0.2, 0.25) is 11.8 Å². The third-order valence-corrected chi connectivity index (χ3v) is 3.73. The molecule has 0 aliphatic rings. The highest BCUT2D eigenvalue weighted by Crippen LogP contribution is 2.20. The number of unbranched alkanes of at least 4 members (excludes halogenated alkanes) is 2. The lowest BCUT2D eigenvalue weighted by molar-refractivity contribution is -0.138. The molecule has 0 unspecified atom stereocenters. The third-order valence-electron chi connectivity index (χ3n) is 3.73. The van der Waals surface area contributed by atoms with Gasteiger partial charge >= 0.3 is 0 Å². The number of Topliss-reactive ketones (excluding diaryl/α,β-unsaturated/α-hetero) is 1. The average Bonchev–Trinajstić information content (AvgIpc) is 2.51. The molecule has 0 bridgehead atoms. The second kappa shape index (κ2) is 8.46. The second-order valence-electron chi connectivity index (χ2n) is 6.18. The molecule has 5 nitrogen and oxygen atoms in total. The molecule has 0 saturated carbocycles. The number of rotatable bonds is 8. The predicted octanol–water partition coefficient (Wildman–Crippen LogP) is 3.16. The molecule has 126 valence electrons. The molecular formula is C18H26N2O3. The molecule has 1 aromatic carbocycles. The van der Waals surface area contributed by atoms with Crippen LogP contribution in [0.25, 0.3) is 0 Å². The fourth-order valence-corrected chi connectivity index (χ4v) is 2.00. The normalized spacial score (nSPS) is 11.0. The number of anilines is 1. The van der Waals surface area contributed by atoms with Gasteiger partial charge < -0.3 is 10.6 Å². The summed E-state index contributed by atoms with van der Waals surface area (Å²) in [4.78, 5) is 36.0. The van der Waals surface area contributed by atoms with E-state index in [1.54, 1.807) is 38.1 Å². The van der Waals surface area contributed by atoms with Crippen LogP contribution in [0.15, 0.2) is 24.3 Å². The van der Waals surface area contributed by atoms with Gasteiger partial charge in [0.05, 0.1) is 0 Å². The maximum Gasteiger partial charge on any atom is 0.239 e.